The second-order valence-electron chi connectivity index (χ2n) is 8.26. The minimum atomic E-state index is -0.446. The SMILES string of the molecule is Cc1nc2c(s1)CCN(C(=O)CN1CC=C(c3ccc(F)cc3)N=C1c1ccc(F)cn1)CC2. The molecule has 1 amide bonds. The Labute approximate surface area is 200 Å². The molecule has 0 spiro atoms. The van der Waals surface area contributed by atoms with E-state index in [0.29, 0.717) is 36.9 Å². The van der Waals surface area contributed by atoms with Crippen LogP contribution in [0.25, 0.3) is 5.70 Å². The molecular formula is C25H23F2N5OS. The molecule has 0 atom stereocenters. The van der Waals surface area contributed by atoms with E-state index in [0.717, 1.165) is 35.3 Å². The number of amidine groups is 1. The molecule has 2 aromatic heterocycles. The lowest BCUT2D eigenvalue weighted by Gasteiger charge is -2.30. The minimum Gasteiger partial charge on any atom is -0.342 e. The minimum absolute atomic E-state index is 0.000295. The molecule has 2 aliphatic heterocycles. The predicted molar refractivity (Wildman–Crippen MR) is 128 cm³/mol. The number of thiazole rings is 1. The van der Waals surface area contributed by atoms with Crippen LogP contribution in [-0.2, 0) is 17.6 Å². The molecular weight excluding hydrogens is 456 g/mol. The summed E-state index contributed by atoms with van der Waals surface area (Å²) in [5, 5.41) is 1.06. The largest absolute Gasteiger partial charge is 0.342 e. The Morgan fingerprint density at radius 3 is 2.59 bits per heavy atom. The van der Waals surface area contributed by atoms with Crippen LogP contribution in [0.1, 0.15) is 26.8 Å². The number of amides is 1. The van der Waals surface area contributed by atoms with Crippen molar-refractivity contribution in [2.24, 2.45) is 4.99 Å². The fourth-order valence-electron chi connectivity index (χ4n) is 4.19. The van der Waals surface area contributed by atoms with Crippen LogP contribution in [0.5, 0.6) is 0 Å². The first-order valence-corrected chi connectivity index (χ1v) is 11.9. The van der Waals surface area contributed by atoms with Gasteiger partial charge in [-0.15, -0.1) is 11.3 Å². The third-order valence-corrected chi connectivity index (χ3v) is 6.99. The number of aryl methyl sites for hydroxylation is 1. The van der Waals surface area contributed by atoms with E-state index >= 15 is 0 Å². The van der Waals surface area contributed by atoms with Gasteiger partial charge in [0.05, 0.1) is 29.1 Å². The van der Waals surface area contributed by atoms with Crippen molar-refractivity contribution in [3.05, 3.63) is 87.1 Å². The highest BCUT2D eigenvalue weighted by Gasteiger charge is 2.26. The number of benzene rings is 1. The number of fused-ring (bicyclic) bond motifs is 1. The molecule has 0 radical (unpaired) electrons. The molecule has 0 unspecified atom stereocenters. The number of rotatable bonds is 4. The number of carbonyl (C=O) groups excluding carboxylic acids is 1. The number of pyridine rings is 1. The molecule has 0 N–H and O–H groups in total. The van der Waals surface area contributed by atoms with E-state index in [1.54, 1.807) is 29.5 Å². The van der Waals surface area contributed by atoms with E-state index in [9.17, 15) is 13.6 Å². The first-order valence-electron chi connectivity index (χ1n) is 11.1. The Bertz CT molecular complexity index is 1240. The van der Waals surface area contributed by atoms with Gasteiger partial charge in [-0.2, -0.15) is 0 Å². The standard InChI is InChI=1S/C25H23F2N5OS/c1-16-29-21-9-11-31(13-10-23(21)34-16)24(33)15-32-12-8-20(17-2-4-18(26)5-3-17)30-25(32)22-7-6-19(27)14-28-22/h2-8,14H,9-13,15H2,1H3. The van der Waals surface area contributed by atoms with Gasteiger partial charge in [-0.25, -0.2) is 23.7 Å². The fourth-order valence-corrected chi connectivity index (χ4v) is 5.16. The molecule has 0 saturated heterocycles. The first-order chi connectivity index (χ1) is 16.5. The normalized spacial score (nSPS) is 16.0. The average molecular weight is 480 g/mol. The number of aliphatic imine (C=N–C) groups is 1. The number of hydrogen-bond acceptors (Lipinski definition) is 6. The maximum absolute atomic E-state index is 13.5. The van der Waals surface area contributed by atoms with Gasteiger partial charge in [-0.3, -0.25) is 4.79 Å². The third kappa shape index (κ3) is 4.75. The Morgan fingerprint density at radius 2 is 1.82 bits per heavy atom. The van der Waals surface area contributed by atoms with Crippen molar-refractivity contribution < 1.29 is 13.6 Å². The maximum Gasteiger partial charge on any atom is 0.242 e. The average Bonchev–Trinajstić information content (AvgIpc) is 3.08. The van der Waals surface area contributed by atoms with Crippen molar-refractivity contribution >= 4 is 28.8 Å². The van der Waals surface area contributed by atoms with Gasteiger partial charge in [-0.1, -0.05) is 0 Å². The first kappa shape index (κ1) is 22.3. The molecule has 0 bridgehead atoms. The van der Waals surface area contributed by atoms with Crippen molar-refractivity contribution in [2.75, 3.05) is 26.2 Å². The van der Waals surface area contributed by atoms with Crippen molar-refractivity contribution in [3.63, 3.8) is 0 Å². The van der Waals surface area contributed by atoms with E-state index in [-0.39, 0.29) is 18.3 Å². The summed E-state index contributed by atoms with van der Waals surface area (Å²) in [5.74, 6) is -0.284. The van der Waals surface area contributed by atoms with Gasteiger partial charge in [0.15, 0.2) is 5.84 Å². The highest BCUT2D eigenvalue weighted by atomic mass is 32.1. The second kappa shape index (κ2) is 9.42. The molecule has 0 saturated carbocycles. The fraction of sp³-hybridized carbons (Fsp3) is 0.280. The summed E-state index contributed by atoms with van der Waals surface area (Å²) >= 11 is 1.70. The van der Waals surface area contributed by atoms with E-state index in [4.69, 9.17) is 4.99 Å². The maximum atomic E-state index is 13.5. The van der Waals surface area contributed by atoms with Crippen molar-refractivity contribution in [3.8, 4) is 0 Å². The Kier molecular flexibility index (Phi) is 6.19. The number of halogens is 2. The van der Waals surface area contributed by atoms with Gasteiger partial charge in [0.2, 0.25) is 5.91 Å². The summed E-state index contributed by atoms with van der Waals surface area (Å²) in [6.45, 7) is 3.85. The zero-order valence-corrected chi connectivity index (χ0v) is 19.5. The number of hydrogen-bond donors (Lipinski definition) is 0. The van der Waals surface area contributed by atoms with E-state index in [2.05, 4.69) is 9.97 Å². The van der Waals surface area contributed by atoms with Crippen LogP contribution in [0.15, 0.2) is 53.7 Å². The van der Waals surface area contributed by atoms with Crippen molar-refractivity contribution in [2.45, 2.75) is 19.8 Å². The molecule has 3 aromatic rings. The molecule has 5 rings (SSSR count). The van der Waals surface area contributed by atoms with Crippen molar-refractivity contribution in [1.82, 2.24) is 19.8 Å². The Balaban J connectivity index is 1.36. The van der Waals surface area contributed by atoms with E-state index in [1.807, 2.05) is 22.8 Å². The molecule has 1 aromatic carbocycles. The summed E-state index contributed by atoms with van der Waals surface area (Å²) in [4.78, 5) is 31.8. The molecule has 0 aliphatic carbocycles. The zero-order valence-electron chi connectivity index (χ0n) is 18.7. The highest BCUT2D eigenvalue weighted by molar-refractivity contribution is 7.11. The summed E-state index contributed by atoms with van der Waals surface area (Å²) in [6.07, 6.45) is 4.60. The lowest BCUT2D eigenvalue weighted by molar-refractivity contribution is -0.131. The quantitative estimate of drug-likeness (QED) is 0.570. The molecule has 2 aliphatic rings. The van der Waals surface area contributed by atoms with Crippen LogP contribution >= 0.6 is 11.3 Å². The molecule has 174 valence electrons. The molecule has 34 heavy (non-hydrogen) atoms. The lowest BCUT2D eigenvalue weighted by atomic mass is 10.1. The van der Waals surface area contributed by atoms with Crippen molar-refractivity contribution in [1.29, 1.82) is 0 Å². The topological polar surface area (TPSA) is 61.7 Å². The van der Waals surface area contributed by atoms with Crippen LogP contribution in [-0.4, -0.2) is 57.7 Å². The molecule has 6 nitrogen and oxygen atoms in total. The van der Waals surface area contributed by atoms with Crippen LogP contribution in [0.2, 0.25) is 0 Å². The predicted octanol–water partition coefficient (Wildman–Crippen LogP) is 3.86. The zero-order chi connectivity index (χ0) is 23.7. The van der Waals surface area contributed by atoms with Gasteiger partial charge in [0.25, 0.3) is 0 Å². The van der Waals surface area contributed by atoms with Gasteiger partial charge < -0.3 is 9.80 Å². The van der Waals surface area contributed by atoms with Crippen LogP contribution in [0.4, 0.5) is 8.78 Å². The second-order valence-corrected chi connectivity index (χ2v) is 9.55. The summed E-state index contributed by atoms with van der Waals surface area (Å²) in [7, 11) is 0. The summed E-state index contributed by atoms with van der Waals surface area (Å²) in [5.41, 5.74) is 2.99. The molecule has 0 fully saturated rings. The van der Waals surface area contributed by atoms with Crippen LogP contribution in [0, 0.1) is 18.6 Å². The van der Waals surface area contributed by atoms with Gasteiger partial charge in [0, 0.05) is 42.9 Å². The lowest BCUT2D eigenvalue weighted by Crippen LogP contribution is -2.45. The highest BCUT2D eigenvalue weighted by Crippen LogP contribution is 2.24. The van der Waals surface area contributed by atoms with E-state index < -0.39 is 5.82 Å². The Morgan fingerprint density at radius 1 is 1.06 bits per heavy atom. The number of aromatic nitrogens is 2. The van der Waals surface area contributed by atoms with Gasteiger partial charge >= 0.3 is 0 Å². The number of nitrogens with zero attached hydrogens (tertiary/aromatic N) is 5. The summed E-state index contributed by atoms with van der Waals surface area (Å²) in [6, 6.07) is 8.96. The third-order valence-electron chi connectivity index (χ3n) is 5.92. The number of carbonyl (C=O) groups is 1. The monoisotopic (exact) mass is 479 g/mol. The Hall–Kier alpha value is -3.46. The summed E-state index contributed by atoms with van der Waals surface area (Å²) < 4.78 is 26.9. The van der Waals surface area contributed by atoms with Gasteiger partial charge in [-0.05, 0) is 49.4 Å². The van der Waals surface area contributed by atoms with E-state index in [1.165, 1.54) is 23.1 Å². The van der Waals surface area contributed by atoms with Crippen LogP contribution in [0.3, 0.4) is 0 Å². The molecule has 9 heteroatoms. The molecule has 4 heterocycles. The van der Waals surface area contributed by atoms with Gasteiger partial charge in [0.1, 0.15) is 17.3 Å². The van der Waals surface area contributed by atoms with Crippen LogP contribution < -0.4 is 0 Å². The smallest absolute Gasteiger partial charge is 0.242 e.